The van der Waals surface area contributed by atoms with Crippen LogP contribution in [0.25, 0.3) is 116 Å². The van der Waals surface area contributed by atoms with E-state index in [2.05, 4.69) is 132 Å². The van der Waals surface area contributed by atoms with Crippen LogP contribution < -0.4 is 0 Å². The minimum atomic E-state index is 0.687. The predicted molar refractivity (Wildman–Crippen MR) is 233 cm³/mol. The SMILES string of the molecule is c1ccc(-c2cc(-c3ccc4c(c3)c3cc(-c5cccc6c5oc5ccccc56)ccc3n4-c3cccc4c3oc3ccccc34)nc(-c3ccccc3)n2)cc1. The summed E-state index contributed by atoms with van der Waals surface area (Å²) in [4.78, 5) is 10.2. The van der Waals surface area contributed by atoms with Gasteiger partial charge in [0, 0.05) is 54.6 Å². The molecule has 0 aliphatic heterocycles. The van der Waals surface area contributed by atoms with Gasteiger partial charge >= 0.3 is 0 Å². The largest absolute Gasteiger partial charge is 0.455 e. The lowest BCUT2D eigenvalue weighted by Gasteiger charge is -2.11. The standard InChI is InChI=1S/C52H31N3O2/c1-3-13-32(14-4-1)43-31-44(54-52(53-43)33-15-5-2-6-16-33)35-26-28-46-42(30-35)41-29-34(36-19-11-20-39-37-17-7-9-23-48(37)56-50(36)39)25-27-45(41)55(46)47-22-12-21-40-38-18-8-10-24-49(38)57-51(40)47/h1-31H. The van der Waals surface area contributed by atoms with Crippen molar-refractivity contribution < 1.29 is 8.83 Å². The molecule has 0 unspecified atom stereocenters. The van der Waals surface area contributed by atoms with Crippen molar-refractivity contribution in [2.75, 3.05) is 0 Å². The summed E-state index contributed by atoms with van der Waals surface area (Å²) < 4.78 is 15.5. The molecule has 0 amide bonds. The molecule has 0 saturated heterocycles. The third kappa shape index (κ3) is 4.96. The van der Waals surface area contributed by atoms with E-state index in [4.69, 9.17) is 18.8 Å². The van der Waals surface area contributed by atoms with Gasteiger partial charge in [-0.1, -0.05) is 140 Å². The molecule has 0 saturated carbocycles. The summed E-state index contributed by atoms with van der Waals surface area (Å²) in [5.74, 6) is 0.687. The highest BCUT2D eigenvalue weighted by Crippen LogP contribution is 2.42. The van der Waals surface area contributed by atoms with Crippen LogP contribution in [0.1, 0.15) is 0 Å². The number of nitrogens with zero attached hydrogens (tertiary/aromatic N) is 3. The van der Waals surface area contributed by atoms with Crippen LogP contribution in [0.3, 0.4) is 0 Å². The molecule has 12 aromatic rings. The van der Waals surface area contributed by atoms with Gasteiger partial charge in [0.25, 0.3) is 0 Å². The Kier molecular flexibility index (Phi) is 6.86. The number of benzene rings is 8. The number of furan rings is 2. The Balaban J connectivity index is 1.13. The third-order valence-corrected chi connectivity index (χ3v) is 11.2. The van der Waals surface area contributed by atoms with Crippen molar-refractivity contribution in [3.05, 3.63) is 188 Å². The van der Waals surface area contributed by atoms with E-state index in [1.54, 1.807) is 0 Å². The summed E-state index contributed by atoms with van der Waals surface area (Å²) in [6, 6.07) is 65.4. The molecule has 0 aliphatic carbocycles. The fraction of sp³-hybridized carbons (Fsp3) is 0. The van der Waals surface area contributed by atoms with Crippen LogP contribution >= 0.6 is 0 Å². The fourth-order valence-corrected chi connectivity index (χ4v) is 8.56. The smallest absolute Gasteiger partial charge is 0.160 e. The molecular weight excluding hydrogens is 699 g/mol. The van der Waals surface area contributed by atoms with Gasteiger partial charge in [-0.15, -0.1) is 0 Å². The van der Waals surface area contributed by atoms with E-state index in [1.807, 2.05) is 60.7 Å². The molecular formula is C52H31N3O2. The number of aromatic nitrogens is 3. The van der Waals surface area contributed by atoms with Crippen LogP contribution in [0.5, 0.6) is 0 Å². The van der Waals surface area contributed by atoms with Crippen molar-refractivity contribution in [2.45, 2.75) is 0 Å². The highest BCUT2D eigenvalue weighted by atomic mass is 16.3. The second kappa shape index (κ2) is 12.4. The summed E-state index contributed by atoms with van der Waals surface area (Å²) in [7, 11) is 0. The maximum absolute atomic E-state index is 6.63. The van der Waals surface area contributed by atoms with Crippen LogP contribution in [0, 0.1) is 0 Å². The molecule has 0 atom stereocenters. The van der Waals surface area contributed by atoms with E-state index in [9.17, 15) is 0 Å². The Morgan fingerprint density at radius 3 is 1.58 bits per heavy atom. The minimum absolute atomic E-state index is 0.687. The Hall–Kier alpha value is -7.76. The topological polar surface area (TPSA) is 57.0 Å². The number of para-hydroxylation sites is 4. The summed E-state index contributed by atoms with van der Waals surface area (Å²) in [6.07, 6.45) is 0. The minimum Gasteiger partial charge on any atom is -0.455 e. The van der Waals surface area contributed by atoms with E-state index in [1.165, 1.54) is 0 Å². The van der Waals surface area contributed by atoms with Crippen molar-refractivity contribution in [2.24, 2.45) is 0 Å². The second-order valence-electron chi connectivity index (χ2n) is 14.5. The van der Waals surface area contributed by atoms with Gasteiger partial charge in [-0.3, -0.25) is 0 Å². The Labute approximate surface area is 326 Å². The molecule has 4 heterocycles. The number of rotatable bonds is 5. The molecule has 266 valence electrons. The number of fused-ring (bicyclic) bond motifs is 9. The first-order valence-corrected chi connectivity index (χ1v) is 19.1. The molecule has 0 radical (unpaired) electrons. The zero-order valence-electron chi connectivity index (χ0n) is 30.6. The molecule has 0 spiro atoms. The van der Waals surface area contributed by atoms with Crippen LogP contribution in [0.15, 0.2) is 197 Å². The van der Waals surface area contributed by atoms with Gasteiger partial charge in [0.2, 0.25) is 0 Å². The molecule has 0 bridgehead atoms. The van der Waals surface area contributed by atoms with Gasteiger partial charge in [-0.2, -0.15) is 0 Å². The lowest BCUT2D eigenvalue weighted by molar-refractivity contribution is 0.666. The third-order valence-electron chi connectivity index (χ3n) is 11.2. The molecule has 12 rings (SSSR count). The maximum Gasteiger partial charge on any atom is 0.160 e. The Morgan fingerprint density at radius 1 is 0.351 bits per heavy atom. The zero-order chi connectivity index (χ0) is 37.5. The van der Waals surface area contributed by atoms with Crippen LogP contribution in [-0.4, -0.2) is 14.5 Å². The first kappa shape index (κ1) is 31.6. The molecule has 0 fully saturated rings. The maximum atomic E-state index is 6.63. The van der Waals surface area contributed by atoms with Gasteiger partial charge in [-0.05, 0) is 54.1 Å². The molecule has 5 heteroatoms. The first-order chi connectivity index (χ1) is 28.2. The summed E-state index contributed by atoms with van der Waals surface area (Å²) >= 11 is 0. The van der Waals surface area contributed by atoms with Gasteiger partial charge in [0.1, 0.15) is 16.7 Å². The van der Waals surface area contributed by atoms with Crippen molar-refractivity contribution in [3.8, 4) is 50.7 Å². The van der Waals surface area contributed by atoms with Crippen LogP contribution in [-0.2, 0) is 0 Å². The van der Waals surface area contributed by atoms with E-state index in [0.717, 1.165) is 111 Å². The molecule has 4 aromatic heterocycles. The lowest BCUT2D eigenvalue weighted by Crippen LogP contribution is -1.96. The van der Waals surface area contributed by atoms with Crippen LogP contribution in [0.2, 0.25) is 0 Å². The second-order valence-corrected chi connectivity index (χ2v) is 14.5. The fourth-order valence-electron chi connectivity index (χ4n) is 8.56. The van der Waals surface area contributed by atoms with Crippen molar-refractivity contribution >= 4 is 65.7 Å². The van der Waals surface area contributed by atoms with Crippen molar-refractivity contribution in [1.29, 1.82) is 0 Å². The summed E-state index contributed by atoms with van der Waals surface area (Å²) in [5, 5.41) is 6.64. The summed E-state index contributed by atoms with van der Waals surface area (Å²) in [6.45, 7) is 0. The first-order valence-electron chi connectivity index (χ1n) is 19.1. The average Bonchev–Trinajstić information content (AvgIpc) is 3.96. The van der Waals surface area contributed by atoms with E-state index in [0.29, 0.717) is 5.82 Å². The normalized spacial score (nSPS) is 11.9. The van der Waals surface area contributed by atoms with Gasteiger partial charge in [0.05, 0.1) is 28.1 Å². The summed E-state index contributed by atoms with van der Waals surface area (Å²) in [5.41, 5.74) is 13.5. The highest BCUT2D eigenvalue weighted by molar-refractivity contribution is 6.15. The average molecular weight is 730 g/mol. The van der Waals surface area contributed by atoms with Crippen molar-refractivity contribution in [3.63, 3.8) is 0 Å². The van der Waals surface area contributed by atoms with E-state index in [-0.39, 0.29) is 0 Å². The molecule has 0 aliphatic rings. The van der Waals surface area contributed by atoms with Gasteiger partial charge < -0.3 is 13.4 Å². The Bertz CT molecular complexity index is 3460. The zero-order valence-corrected chi connectivity index (χ0v) is 30.6. The predicted octanol–water partition coefficient (Wildman–Crippen LogP) is 14.0. The highest BCUT2D eigenvalue weighted by Gasteiger charge is 2.21. The molecule has 5 nitrogen and oxygen atoms in total. The quantitative estimate of drug-likeness (QED) is 0.177. The van der Waals surface area contributed by atoms with Crippen LogP contribution in [0.4, 0.5) is 0 Å². The number of hydrogen-bond donors (Lipinski definition) is 0. The number of hydrogen-bond acceptors (Lipinski definition) is 4. The van der Waals surface area contributed by atoms with Crippen molar-refractivity contribution in [1.82, 2.24) is 14.5 Å². The van der Waals surface area contributed by atoms with E-state index >= 15 is 0 Å². The van der Waals surface area contributed by atoms with Gasteiger partial charge in [-0.25, -0.2) is 9.97 Å². The monoisotopic (exact) mass is 729 g/mol. The molecule has 57 heavy (non-hydrogen) atoms. The van der Waals surface area contributed by atoms with Gasteiger partial charge in [0.15, 0.2) is 11.4 Å². The Morgan fingerprint density at radius 2 is 0.877 bits per heavy atom. The van der Waals surface area contributed by atoms with E-state index < -0.39 is 0 Å². The molecule has 0 N–H and O–H groups in total. The molecule has 8 aromatic carbocycles. The lowest BCUT2D eigenvalue weighted by atomic mass is 9.99.